The summed E-state index contributed by atoms with van der Waals surface area (Å²) >= 11 is 1.34. The van der Waals surface area contributed by atoms with Crippen molar-refractivity contribution in [1.82, 2.24) is 24.5 Å². The number of aromatic amines is 1. The standard InChI is InChI=1S/C20H18FN7S/c21-7-16(13-2-6-28(9-13)20-17(8-22)29-12-26-20)27-5-3-14(10-27)18-15-1-4-23-19(15)25-11-24-18/h1,3-5,10-13,16H,2,6-7,9H2,(H,23,24,25). The summed E-state index contributed by atoms with van der Waals surface area (Å²) in [6, 6.07) is 5.85. The average Bonchev–Trinajstić information content (AvgIpc) is 3.54. The number of hydrogen-bond donors (Lipinski definition) is 1. The predicted octanol–water partition coefficient (Wildman–Crippen LogP) is 3.79. The molecule has 1 aliphatic rings. The molecule has 29 heavy (non-hydrogen) atoms. The molecule has 0 radical (unpaired) electrons. The van der Waals surface area contributed by atoms with Gasteiger partial charge in [0.25, 0.3) is 0 Å². The van der Waals surface area contributed by atoms with Crippen LogP contribution < -0.4 is 4.90 Å². The van der Waals surface area contributed by atoms with Gasteiger partial charge in [0.2, 0.25) is 0 Å². The molecule has 2 atom stereocenters. The maximum absolute atomic E-state index is 14.1. The van der Waals surface area contributed by atoms with E-state index in [1.165, 1.54) is 17.7 Å². The van der Waals surface area contributed by atoms with Crippen molar-refractivity contribution in [3.8, 4) is 17.3 Å². The van der Waals surface area contributed by atoms with Crippen LogP contribution in [0.2, 0.25) is 0 Å². The van der Waals surface area contributed by atoms with E-state index in [0.29, 0.717) is 11.4 Å². The molecule has 1 N–H and O–H groups in total. The number of nitrogens with one attached hydrogen (secondary N) is 1. The third kappa shape index (κ3) is 3.06. The van der Waals surface area contributed by atoms with Crippen molar-refractivity contribution in [3.05, 3.63) is 47.4 Å². The van der Waals surface area contributed by atoms with Gasteiger partial charge in [-0.15, -0.1) is 11.3 Å². The van der Waals surface area contributed by atoms with Gasteiger partial charge in [-0.2, -0.15) is 5.26 Å². The van der Waals surface area contributed by atoms with Crippen LogP contribution in [0.15, 0.2) is 42.6 Å². The summed E-state index contributed by atoms with van der Waals surface area (Å²) < 4.78 is 16.0. The molecule has 0 aromatic carbocycles. The molecule has 0 amide bonds. The van der Waals surface area contributed by atoms with Crippen LogP contribution in [0.3, 0.4) is 0 Å². The van der Waals surface area contributed by atoms with E-state index in [1.54, 1.807) is 5.51 Å². The van der Waals surface area contributed by atoms with Gasteiger partial charge in [0.05, 0.1) is 17.2 Å². The fourth-order valence-electron chi connectivity index (χ4n) is 4.15. The molecule has 1 saturated heterocycles. The Labute approximate surface area is 170 Å². The summed E-state index contributed by atoms with van der Waals surface area (Å²) in [5.41, 5.74) is 4.25. The lowest BCUT2D eigenvalue weighted by molar-refractivity contribution is 0.275. The highest BCUT2D eigenvalue weighted by Crippen LogP contribution is 2.34. The van der Waals surface area contributed by atoms with E-state index in [4.69, 9.17) is 0 Å². The first-order valence-electron chi connectivity index (χ1n) is 9.39. The van der Waals surface area contributed by atoms with Crippen molar-refractivity contribution in [2.75, 3.05) is 24.7 Å². The molecule has 1 fully saturated rings. The monoisotopic (exact) mass is 407 g/mol. The molecule has 2 unspecified atom stereocenters. The molecule has 0 saturated carbocycles. The number of nitrogens with zero attached hydrogens (tertiary/aromatic N) is 6. The highest BCUT2D eigenvalue weighted by atomic mass is 32.1. The van der Waals surface area contributed by atoms with E-state index in [0.717, 1.165) is 41.1 Å². The minimum Gasteiger partial charge on any atom is -0.354 e. The smallest absolute Gasteiger partial charge is 0.157 e. The molecule has 146 valence electrons. The highest BCUT2D eigenvalue weighted by Gasteiger charge is 2.32. The topological polar surface area (TPSA) is 86.4 Å². The molecule has 5 rings (SSSR count). The van der Waals surface area contributed by atoms with Crippen LogP contribution in [0.1, 0.15) is 17.3 Å². The predicted molar refractivity (Wildman–Crippen MR) is 109 cm³/mol. The average molecular weight is 407 g/mol. The van der Waals surface area contributed by atoms with Crippen LogP contribution in [-0.2, 0) is 0 Å². The molecule has 4 aromatic heterocycles. The number of hydrogen-bond acceptors (Lipinski definition) is 6. The number of anilines is 1. The number of alkyl halides is 1. The Balaban J connectivity index is 1.39. The van der Waals surface area contributed by atoms with Crippen molar-refractivity contribution in [2.24, 2.45) is 5.92 Å². The fraction of sp³-hybridized carbons (Fsp3) is 0.300. The summed E-state index contributed by atoms with van der Waals surface area (Å²) in [6.07, 6.45) is 8.12. The zero-order valence-corrected chi connectivity index (χ0v) is 16.3. The second-order valence-electron chi connectivity index (χ2n) is 7.14. The lowest BCUT2D eigenvalue weighted by Gasteiger charge is -2.23. The first-order chi connectivity index (χ1) is 14.3. The van der Waals surface area contributed by atoms with Crippen LogP contribution >= 0.6 is 11.3 Å². The van der Waals surface area contributed by atoms with Crippen molar-refractivity contribution < 1.29 is 4.39 Å². The molecule has 0 bridgehead atoms. The molecule has 0 aliphatic carbocycles. The molecule has 1 aliphatic heterocycles. The zero-order valence-electron chi connectivity index (χ0n) is 15.5. The van der Waals surface area contributed by atoms with E-state index < -0.39 is 6.67 Å². The first kappa shape index (κ1) is 17.8. The van der Waals surface area contributed by atoms with Crippen LogP contribution in [0.4, 0.5) is 10.2 Å². The maximum Gasteiger partial charge on any atom is 0.157 e. The minimum absolute atomic E-state index is 0.145. The lowest BCUT2D eigenvalue weighted by Crippen LogP contribution is -2.26. The summed E-state index contributed by atoms with van der Waals surface area (Å²) in [4.78, 5) is 18.8. The van der Waals surface area contributed by atoms with Crippen LogP contribution in [0.5, 0.6) is 0 Å². The van der Waals surface area contributed by atoms with Crippen LogP contribution in [0, 0.1) is 17.2 Å². The third-order valence-corrected chi connectivity index (χ3v) is 6.32. The molecular formula is C20H18FN7S. The Hall–Kier alpha value is -3.25. The van der Waals surface area contributed by atoms with E-state index in [9.17, 15) is 9.65 Å². The number of aromatic nitrogens is 5. The fourth-order valence-corrected chi connectivity index (χ4v) is 4.74. The molecular weight excluding hydrogens is 389 g/mol. The SMILES string of the molecule is N#Cc1scnc1N1CCC(C(CF)n2ccc(-c3ncnc4[nH]ccc34)c2)C1. The van der Waals surface area contributed by atoms with Gasteiger partial charge in [0.1, 0.15) is 29.6 Å². The Morgan fingerprint density at radius 3 is 3.14 bits per heavy atom. The quantitative estimate of drug-likeness (QED) is 0.544. The number of halogens is 1. The van der Waals surface area contributed by atoms with Gasteiger partial charge in [0, 0.05) is 48.5 Å². The third-order valence-electron chi connectivity index (χ3n) is 5.60. The Kier molecular flexibility index (Phi) is 4.48. The van der Waals surface area contributed by atoms with E-state index in [1.807, 2.05) is 35.3 Å². The number of thiazole rings is 1. The largest absolute Gasteiger partial charge is 0.354 e. The van der Waals surface area contributed by atoms with Gasteiger partial charge < -0.3 is 14.5 Å². The number of fused-ring (bicyclic) bond motifs is 1. The van der Waals surface area contributed by atoms with Gasteiger partial charge >= 0.3 is 0 Å². The molecule has 0 spiro atoms. The first-order valence-corrected chi connectivity index (χ1v) is 10.3. The van der Waals surface area contributed by atoms with Crippen LogP contribution in [-0.4, -0.2) is 44.3 Å². The van der Waals surface area contributed by atoms with E-state index in [2.05, 4.69) is 30.9 Å². The lowest BCUT2D eigenvalue weighted by atomic mass is 10.00. The molecule has 5 heterocycles. The molecule has 7 nitrogen and oxygen atoms in total. The molecule has 4 aromatic rings. The van der Waals surface area contributed by atoms with Crippen molar-refractivity contribution >= 4 is 28.2 Å². The number of rotatable bonds is 5. The summed E-state index contributed by atoms with van der Waals surface area (Å²) in [5, 5.41) is 10.2. The van der Waals surface area contributed by atoms with Crippen molar-refractivity contribution in [3.63, 3.8) is 0 Å². The van der Waals surface area contributed by atoms with Gasteiger partial charge in [-0.25, -0.2) is 19.3 Å². The Bertz CT molecular complexity index is 1190. The second kappa shape index (κ2) is 7.29. The second-order valence-corrected chi connectivity index (χ2v) is 8.00. The Morgan fingerprint density at radius 2 is 2.28 bits per heavy atom. The highest BCUT2D eigenvalue weighted by molar-refractivity contribution is 7.10. The normalized spacial score (nSPS) is 17.7. The summed E-state index contributed by atoms with van der Waals surface area (Å²) in [6.45, 7) is 1.03. The summed E-state index contributed by atoms with van der Waals surface area (Å²) in [7, 11) is 0. The zero-order chi connectivity index (χ0) is 19.8. The Morgan fingerprint density at radius 1 is 1.34 bits per heavy atom. The van der Waals surface area contributed by atoms with Gasteiger partial charge in [-0.05, 0) is 18.6 Å². The van der Waals surface area contributed by atoms with Crippen LogP contribution in [0.25, 0.3) is 22.3 Å². The van der Waals surface area contributed by atoms with Gasteiger partial charge in [-0.3, -0.25) is 0 Å². The summed E-state index contributed by atoms with van der Waals surface area (Å²) in [5.74, 6) is 0.868. The van der Waals surface area contributed by atoms with Gasteiger partial charge in [0.15, 0.2) is 5.82 Å². The molecule has 9 heteroatoms. The van der Waals surface area contributed by atoms with Crippen molar-refractivity contribution in [2.45, 2.75) is 12.5 Å². The van der Waals surface area contributed by atoms with Gasteiger partial charge in [-0.1, -0.05) is 0 Å². The number of H-pyrrole nitrogens is 1. The maximum atomic E-state index is 14.1. The van der Waals surface area contributed by atoms with Crippen molar-refractivity contribution in [1.29, 1.82) is 5.26 Å². The number of nitriles is 1. The minimum atomic E-state index is -0.446. The van der Waals surface area contributed by atoms with E-state index in [-0.39, 0.29) is 12.0 Å². The van der Waals surface area contributed by atoms with E-state index >= 15 is 0 Å².